The van der Waals surface area contributed by atoms with Gasteiger partial charge in [0.15, 0.2) is 0 Å². The molecule has 24 heavy (non-hydrogen) atoms. The van der Waals surface area contributed by atoms with Crippen molar-refractivity contribution in [3.63, 3.8) is 0 Å². The largest absolute Gasteiger partial charge is 0.372 e. The average molecular weight is 327 g/mol. The quantitative estimate of drug-likeness (QED) is 0.840. The van der Waals surface area contributed by atoms with Crippen LogP contribution >= 0.6 is 0 Å². The normalized spacial score (nSPS) is 17.7. The number of likely N-dealkylation sites (tertiary alicyclic amines) is 1. The summed E-state index contributed by atoms with van der Waals surface area (Å²) in [7, 11) is 0. The van der Waals surface area contributed by atoms with E-state index in [1.807, 2.05) is 35.2 Å². The van der Waals surface area contributed by atoms with E-state index in [4.69, 9.17) is 4.74 Å². The highest BCUT2D eigenvalue weighted by Gasteiger charge is 2.24. The predicted molar refractivity (Wildman–Crippen MR) is 90.9 cm³/mol. The zero-order valence-electron chi connectivity index (χ0n) is 13.7. The molecule has 3 rings (SSSR count). The summed E-state index contributed by atoms with van der Waals surface area (Å²) >= 11 is 0. The SMILES string of the molecule is O=C(Cc1ccccc1)N1CCCC(OCc2ccccc2F)C1. The highest BCUT2D eigenvalue weighted by Crippen LogP contribution is 2.17. The Kier molecular flexibility index (Phi) is 5.59. The minimum absolute atomic E-state index is 0.0296. The molecular weight excluding hydrogens is 305 g/mol. The third kappa shape index (κ3) is 4.42. The van der Waals surface area contributed by atoms with Gasteiger partial charge in [-0.2, -0.15) is 0 Å². The van der Waals surface area contributed by atoms with E-state index in [2.05, 4.69) is 0 Å². The molecular formula is C20H22FNO2. The first-order chi connectivity index (χ1) is 11.7. The lowest BCUT2D eigenvalue weighted by Gasteiger charge is -2.33. The van der Waals surface area contributed by atoms with E-state index >= 15 is 0 Å². The molecule has 1 heterocycles. The number of benzene rings is 2. The molecule has 0 saturated carbocycles. The summed E-state index contributed by atoms with van der Waals surface area (Å²) in [4.78, 5) is 14.3. The lowest BCUT2D eigenvalue weighted by molar-refractivity contribution is -0.134. The van der Waals surface area contributed by atoms with Gasteiger partial charge in [-0.15, -0.1) is 0 Å². The third-order valence-electron chi connectivity index (χ3n) is 4.36. The number of nitrogens with zero attached hydrogens (tertiary/aromatic N) is 1. The number of carbonyl (C=O) groups is 1. The van der Waals surface area contributed by atoms with Crippen molar-refractivity contribution >= 4 is 5.91 Å². The predicted octanol–water partition coefficient (Wildman–Crippen LogP) is 3.58. The van der Waals surface area contributed by atoms with Gasteiger partial charge < -0.3 is 9.64 Å². The molecule has 126 valence electrons. The fourth-order valence-electron chi connectivity index (χ4n) is 3.01. The Morgan fingerprint density at radius 2 is 1.88 bits per heavy atom. The standard InChI is InChI=1S/C20H22FNO2/c21-19-11-5-4-9-17(19)15-24-18-10-6-12-22(14-18)20(23)13-16-7-2-1-3-8-16/h1-5,7-9,11,18H,6,10,12-15H2. The molecule has 4 heteroatoms. The van der Waals surface area contributed by atoms with Crippen molar-refractivity contribution < 1.29 is 13.9 Å². The summed E-state index contributed by atoms with van der Waals surface area (Å²) in [6.07, 6.45) is 2.21. The van der Waals surface area contributed by atoms with Crippen LogP contribution in [0.25, 0.3) is 0 Å². The molecule has 2 aromatic carbocycles. The maximum absolute atomic E-state index is 13.6. The van der Waals surface area contributed by atoms with Crippen LogP contribution in [0.15, 0.2) is 54.6 Å². The number of rotatable bonds is 5. The van der Waals surface area contributed by atoms with Crippen LogP contribution in [0.3, 0.4) is 0 Å². The molecule has 0 N–H and O–H groups in total. The molecule has 1 aliphatic rings. The lowest BCUT2D eigenvalue weighted by Crippen LogP contribution is -2.43. The van der Waals surface area contributed by atoms with Gasteiger partial charge in [-0.25, -0.2) is 4.39 Å². The summed E-state index contributed by atoms with van der Waals surface area (Å²) in [6.45, 7) is 1.60. The van der Waals surface area contributed by atoms with E-state index in [0.717, 1.165) is 24.9 Å². The molecule has 0 aromatic heterocycles. The Bertz CT molecular complexity index is 674. The first kappa shape index (κ1) is 16.7. The maximum atomic E-state index is 13.6. The lowest BCUT2D eigenvalue weighted by atomic mass is 10.1. The van der Waals surface area contributed by atoms with Crippen molar-refractivity contribution in [2.45, 2.75) is 32.0 Å². The zero-order valence-corrected chi connectivity index (χ0v) is 13.7. The van der Waals surface area contributed by atoms with Gasteiger partial charge >= 0.3 is 0 Å². The molecule has 1 atom stereocenters. The number of hydrogen-bond donors (Lipinski definition) is 0. The number of hydrogen-bond acceptors (Lipinski definition) is 2. The van der Waals surface area contributed by atoms with Crippen molar-refractivity contribution in [2.75, 3.05) is 13.1 Å². The van der Waals surface area contributed by atoms with Crippen LogP contribution in [0.5, 0.6) is 0 Å². The average Bonchev–Trinajstić information content (AvgIpc) is 2.62. The van der Waals surface area contributed by atoms with Crippen LogP contribution in [0.4, 0.5) is 4.39 Å². The van der Waals surface area contributed by atoms with Crippen molar-refractivity contribution in [1.29, 1.82) is 0 Å². The van der Waals surface area contributed by atoms with E-state index in [1.54, 1.807) is 18.2 Å². The van der Waals surface area contributed by atoms with Crippen molar-refractivity contribution in [1.82, 2.24) is 4.90 Å². The molecule has 0 bridgehead atoms. The number of carbonyl (C=O) groups excluding carboxylic acids is 1. The van der Waals surface area contributed by atoms with Gasteiger partial charge in [-0.05, 0) is 24.5 Å². The van der Waals surface area contributed by atoms with Gasteiger partial charge in [0.05, 0.1) is 19.1 Å². The second-order valence-corrected chi connectivity index (χ2v) is 6.17. The summed E-state index contributed by atoms with van der Waals surface area (Å²) < 4.78 is 19.5. The van der Waals surface area contributed by atoms with Crippen LogP contribution in [0.1, 0.15) is 24.0 Å². The van der Waals surface area contributed by atoms with Gasteiger partial charge in [0, 0.05) is 18.7 Å². The zero-order chi connectivity index (χ0) is 16.8. The fraction of sp³-hybridized carbons (Fsp3) is 0.350. The fourth-order valence-corrected chi connectivity index (χ4v) is 3.01. The maximum Gasteiger partial charge on any atom is 0.227 e. The monoisotopic (exact) mass is 327 g/mol. The Morgan fingerprint density at radius 1 is 1.12 bits per heavy atom. The third-order valence-corrected chi connectivity index (χ3v) is 4.36. The summed E-state index contributed by atoms with van der Waals surface area (Å²) in [5.41, 5.74) is 1.59. The van der Waals surface area contributed by atoms with E-state index < -0.39 is 0 Å². The van der Waals surface area contributed by atoms with Gasteiger partial charge in [-0.3, -0.25) is 4.79 Å². The number of piperidine rings is 1. The van der Waals surface area contributed by atoms with E-state index in [0.29, 0.717) is 18.5 Å². The number of ether oxygens (including phenoxy) is 1. The number of halogens is 1. The van der Waals surface area contributed by atoms with E-state index in [-0.39, 0.29) is 24.4 Å². The van der Waals surface area contributed by atoms with Gasteiger partial charge in [0.25, 0.3) is 0 Å². The van der Waals surface area contributed by atoms with E-state index in [1.165, 1.54) is 6.07 Å². The van der Waals surface area contributed by atoms with Crippen LogP contribution in [-0.4, -0.2) is 30.0 Å². The molecule has 0 aliphatic carbocycles. The van der Waals surface area contributed by atoms with Crippen molar-refractivity contribution in [3.05, 3.63) is 71.5 Å². The molecule has 1 fully saturated rings. The second-order valence-electron chi connectivity index (χ2n) is 6.17. The molecule has 0 radical (unpaired) electrons. The smallest absolute Gasteiger partial charge is 0.227 e. The van der Waals surface area contributed by atoms with Gasteiger partial charge in [-0.1, -0.05) is 48.5 Å². The summed E-state index contributed by atoms with van der Waals surface area (Å²) in [6, 6.07) is 16.4. The first-order valence-electron chi connectivity index (χ1n) is 8.39. The van der Waals surface area contributed by atoms with Gasteiger partial charge in [0.1, 0.15) is 5.82 Å². The topological polar surface area (TPSA) is 29.5 Å². The summed E-state index contributed by atoms with van der Waals surface area (Å²) in [5.74, 6) is -0.120. The Labute approximate surface area is 142 Å². The molecule has 1 unspecified atom stereocenters. The second kappa shape index (κ2) is 8.06. The highest BCUT2D eigenvalue weighted by atomic mass is 19.1. The van der Waals surface area contributed by atoms with Crippen molar-refractivity contribution in [3.8, 4) is 0 Å². The Hall–Kier alpha value is -2.20. The minimum Gasteiger partial charge on any atom is -0.372 e. The van der Waals surface area contributed by atoms with Crippen LogP contribution in [0, 0.1) is 5.82 Å². The van der Waals surface area contributed by atoms with Gasteiger partial charge in [0.2, 0.25) is 5.91 Å². The molecule has 2 aromatic rings. The molecule has 1 saturated heterocycles. The van der Waals surface area contributed by atoms with Crippen LogP contribution in [0.2, 0.25) is 0 Å². The van der Waals surface area contributed by atoms with Crippen LogP contribution < -0.4 is 0 Å². The first-order valence-corrected chi connectivity index (χ1v) is 8.39. The molecule has 3 nitrogen and oxygen atoms in total. The summed E-state index contributed by atoms with van der Waals surface area (Å²) in [5, 5.41) is 0. The van der Waals surface area contributed by atoms with Crippen molar-refractivity contribution in [2.24, 2.45) is 0 Å². The molecule has 1 amide bonds. The molecule has 0 spiro atoms. The van der Waals surface area contributed by atoms with Crippen LogP contribution in [-0.2, 0) is 22.6 Å². The Morgan fingerprint density at radius 3 is 2.67 bits per heavy atom. The highest BCUT2D eigenvalue weighted by molar-refractivity contribution is 5.78. The van der Waals surface area contributed by atoms with E-state index in [9.17, 15) is 9.18 Å². The Balaban J connectivity index is 1.52. The minimum atomic E-state index is -0.245. The molecule has 1 aliphatic heterocycles. The number of amides is 1.